The van der Waals surface area contributed by atoms with Crippen molar-refractivity contribution in [2.24, 2.45) is 0 Å². The summed E-state index contributed by atoms with van der Waals surface area (Å²) in [4.78, 5) is 23.3. The minimum atomic E-state index is -3.51. The molecule has 1 aromatic carbocycles. The van der Waals surface area contributed by atoms with Crippen LogP contribution in [0.5, 0.6) is 0 Å². The Labute approximate surface area is 224 Å². The van der Waals surface area contributed by atoms with E-state index in [1.54, 1.807) is 0 Å². The second kappa shape index (κ2) is 15.9. The van der Waals surface area contributed by atoms with E-state index < -0.39 is 14.7 Å². The van der Waals surface area contributed by atoms with E-state index in [9.17, 15) is 18.0 Å². The molecule has 1 heterocycles. The van der Waals surface area contributed by atoms with Gasteiger partial charge in [-0.05, 0) is 24.6 Å². The molecule has 196 valence electrons. The number of aldehydes is 1. The number of halogens is 1. The van der Waals surface area contributed by atoms with E-state index in [0.717, 1.165) is 30.6 Å². The molecule has 0 amide bonds. The maximum absolute atomic E-state index is 12.9. The van der Waals surface area contributed by atoms with Crippen molar-refractivity contribution in [1.29, 1.82) is 0 Å². The molecule has 0 saturated carbocycles. The summed E-state index contributed by atoms with van der Waals surface area (Å²) >= 11 is 11.2. The number of hydrogen-bond donors (Lipinski definition) is 1. The molecule has 0 aliphatic carbocycles. The molecule has 9 heteroatoms. The largest absolute Gasteiger partial charge is 0.313 e. The van der Waals surface area contributed by atoms with Crippen LogP contribution < -0.4 is 4.87 Å². The lowest BCUT2D eigenvalue weighted by molar-refractivity contribution is 0.112. The van der Waals surface area contributed by atoms with Crippen LogP contribution in [0.1, 0.15) is 106 Å². The standard InChI is InChI=1S/C26H38ClNO4S3/c1-2-3-4-5-6-7-8-9-10-11-12-13-14-15-18-35(31,32)21-16-17-22(27)23(19-21)28-25(33)24(20-29)34-26(28)30/h16-17,19-20,33H,2-15,18H2,1H3. The Morgan fingerprint density at radius 2 is 1.43 bits per heavy atom. The third kappa shape index (κ3) is 9.71. The van der Waals surface area contributed by atoms with Crippen molar-refractivity contribution in [1.82, 2.24) is 4.57 Å². The fraction of sp³-hybridized carbons (Fsp3) is 0.615. The average molecular weight is 560 g/mol. The number of aromatic nitrogens is 1. The van der Waals surface area contributed by atoms with E-state index in [2.05, 4.69) is 19.6 Å². The zero-order valence-corrected chi connectivity index (χ0v) is 23.9. The highest BCUT2D eigenvalue weighted by Gasteiger charge is 2.20. The van der Waals surface area contributed by atoms with Crippen LogP contribution in [-0.2, 0) is 9.84 Å². The molecule has 5 nitrogen and oxygen atoms in total. The molecule has 0 atom stereocenters. The molecular weight excluding hydrogens is 522 g/mol. The van der Waals surface area contributed by atoms with Crippen LogP contribution >= 0.6 is 35.6 Å². The van der Waals surface area contributed by atoms with Gasteiger partial charge in [-0.2, -0.15) is 0 Å². The lowest BCUT2D eigenvalue weighted by atomic mass is 10.0. The van der Waals surface area contributed by atoms with Crippen molar-refractivity contribution in [3.05, 3.63) is 37.8 Å². The van der Waals surface area contributed by atoms with Gasteiger partial charge in [-0.25, -0.2) is 8.42 Å². The van der Waals surface area contributed by atoms with E-state index >= 15 is 0 Å². The molecule has 0 unspecified atom stereocenters. The molecule has 35 heavy (non-hydrogen) atoms. The van der Waals surface area contributed by atoms with Crippen molar-refractivity contribution in [3.63, 3.8) is 0 Å². The van der Waals surface area contributed by atoms with Gasteiger partial charge in [0, 0.05) is 0 Å². The summed E-state index contributed by atoms with van der Waals surface area (Å²) in [7, 11) is -3.51. The van der Waals surface area contributed by atoms with Crippen LogP contribution in [-0.4, -0.2) is 25.0 Å². The fourth-order valence-electron chi connectivity index (χ4n) is 4.13. The second-order valence-electron chi connectivity index (χ2n) is 9.04. The Bertz CT molecular complexity index is 1090. The Balaban J connectivity index is 1.74. The summed E-state index contributed by atoms with van der Waals surface area (Å²) in [5.41, 5.74) is 0.216. The molecule has 2 rings (SSSR count). The van der Waals surface area contributed by atoms with Crippen LogP contribution in [0.3, 0.4) is 0 Å². The Morgan fingerprint density at radius 1 is 0.914 bits per heavy atom. The van der Waals surface area contributed by atoms with Crippen molar-refractivity contribution in [2.45, 2.75) is 107 Å². The van der Waals surface area contributed by atoms with Gasteiger partial charge in [0.05, 0.1) is 21.4 Å². The highest BCUT2D eigenvalue weighted by molar-refractivity contribution is 7.91. The Morgan fingerprint density at radius 3 is 1.91 bits per heavy atom. The first-order chi connectivity index (χ1) is 16.8. The van der Waals surface area contributed by atoms with Gasteiger partial charge in [0.1, 0.15) is 9.90 Å². The Hall–Kier alpha value is -1.09. The number of nitrogens with zero attached hydrogens (tertiary/aromatic N) is 1. The van der Waals surface area contributed by atoms with Gasteiger partial charge >= 0.3 is 4.87 Å². The lowest BCUT2D eigenvalue weighted by Crippen LogP contribution is -2.13. The molecule has 0 saturated heterocycles. The minimum Gasteiger partial charge on any atom is -0.297 e. The molecule has 0 spiro atoms. The SMILES string of the molecule is CCCCCCCCCCCCCCCCS(=O)(=O)c1ccc(Cl)c(-n2c(S)c(C=O)sc2=O)c1. The van der Waals surface area contributed by atoms with Gasteiger partial charge in [0.2, 0.25) is 0 Å². The van der Waals surface area contributed by atoms with Gasteiger partial charge < -0.3 is 0 Å². The first kappa shape index (κ1) is 30.1. The predicted octanol–water partition coefficient (Wildman–Crippen LogP) is 7.91. The number of unbranched alkanes of at least 4 members (excludes halogenated alkanes) is 13. The molecule has 0 radical (unpaired) electrons. The number of hydrogen-bond acceptors (Lipinski definition) is 6. The highest BCUT2D eigenvalue weighted by Crippen LogP contribution is 2.28. The topological polar surface area (TPSA) is 73.2 Å². The smallest absolute Gasteiger partial charge is 0.297 e. The summed E-state index contributed by atoms with van der Waals surface area (Å²) in [5, 5.41) is 0.367. The van der Waals surface area contributed by atoms with Gasteiger partial charge in [-0.15, -0.1) is 12.6 Å². The monoisotopic (exact) mass is 559 g/mol. The summed E-state index contributed by atoms with van der Waals surface area (Å²) < 4.78 is 26.9. The molecule has 0 fully saturated rings. The van der Waals surface area contributed by atoms with Gasteiger partial charge in [0.25, 0.3) is 0 Å². The summed E-state index contributed by atoms with van der Waals surface area (Å²) in [6.45, 7) is 2.25. The fourth-order valence-corrected chi connectivity index (χ4v) is 6.88. The molecule has 2 aromatic rings. The molecule has 0 aliphatic rings. The van der Waals surface area contributed by atoms with Crippen LogP contribution in [0.15, 0.2) is 32.9 Å². The van der Waals surface area contributed by atoms with Crippen molar-refractivity contribution < 1.29 is 13.2 Å². The third-order valence-electron chi connectivity index (χ3n) is 6.20. The first-order valence-corrected chi connectivity index (χ1v) is 16.0. The van der Waals surface area contributed by atoms with E-state index in [1.807, 2.05) is 0 Å². The molecule has 0 aliphatic heterocycles. The van der Waals surface area contributed by atoms with Gasteiger partial charge in [-0.3, -0.25) is 14.2 Å². The van der Waals surface area contributed by atoms with Gasteiger partial charge in [0.15, 0.2) is 16.1 Å². The quantitative estimate of drug-likeness (QED) is 0.114. The number of carbonyl (C=O) groups is 1. The van der Waals surface area contributed by atoms with E-state index in [0.29, 0.717) is 12.7 Å². The molecule has 0 N–H and O–H groups in total. The average Bonchev–Trinajstić information content (AvgIpc) is 3.12. The number of thiol groups is 1. The lowest BCUT2D eigenvalue weighted by Gasteiger charge is -2.10. The number of thiazole rings is 1. The number of rotatable bonds is 18. The number of sulfone groups is 1. The normalized spacial score (nSPS) is 11.7. The van der Waals surface area contributed by atoms with Crippen molar-refractivity contribution >= 4 is 51.7 Å². The second-order valence-corrected chi connectivity index (χ2v) is 13.0. The van der Waals surface area contributed by atoms with Gasteiger partial charge in [-0.1, -0.05) is 113 Å². The van der Waals surface area contributed by atoms with Crippen LogP contribution in [0.2, 0.25) is 5.02 Å². The zero-order chi connectivity index (χ0) is 25.7. The zero-order valence-electron chi connectivity index (χ0n) is 20.6. The van der Waals surface area contributed by atoms with E-state index in [1.165, 1.54) is 87.0 Å². The highest BCUT2D eigenvalue weighted by atomic mass is 35.5. The minimum absolute atomic E-state index is 0.0535. The van der Waals surface area contributed by atoms with Crippen LogP contribution in [0.4, 0.5) is 0 Å². The van der Waals surface area contributed by atoms with Crippen molar-refractivity contribution in [2.75, 3.05) is 5.75 Å². The number of benzene rings is 1. The maximum Gasteiger partial charge on any atom is 0.313 e. The number of carbonyl (C=O) groups excluding carboxylic acids is 1. The maximum atomic E-state index is 12.9. The summed E-state index contributed by atoms with van der Waals surface area (Å²) in [6, 6.07) is 4.32. The summed E-state index contributed by atoms with van der Waals surface area (Å²) in [5.74, 6) is 0.0535. The summed E-state index contributed by atoms with van der Waals surface area (Å²) in [6.07, 6.45) is 17.5. The van der Waals surface area contributed by atoms with E-state index in [4.69, 9.17) is 11.6 Å². The predicted molar refractivity (Wildman–Crippen MR) is 150 cm³/mol. The Kier molecular flexibility index (Phi) is 13.7. The molecule has 1 aromatic heterocycles. The van der Waals surface area contributed by atoms with Crippen LogP contribution in [0.25, 0.3) is 5.69 Å². The van der Waals surface area contributed by atoms with Crippen molar-refractivity contribution in [3.8, 4) is 5.69 Å². The van der Waals surface area contributed by atoms with Crippen LogP contribution in [0, 0.1) is 0 Å². The van der Waals surface area contributed by atoms with E-state index in [-0.39, 0.29) is 31.3 Å². The third-order valence-corrected chi connectivity index (χ3v) is 9.78. The molecular formula is C26H38ClNO4S3. The molecule has 0 bridgehead atoms. The first-order valence-electron chi connectivity index (χ1n) is 12.7.